The van der Waals surface area contributed by atoms with Gasteiger partial charge in [0, 0.05) is 10.2 Å². The van der Waals surface area contributed by atoms with E-state index in [1.165, 1.54) is 11.3 Å². The summed E-state index contributed by atoms with van der Waals surface area (Å²) in [4.78, 5) is 8.78. The molecule has 1 atom stereocenters. The van der Waals surface area contributed by atoms with E-state index < -0.39 is 10.8 Å². The van der Waals surface area contributed by atoms with Gasteiger partial charge in [-0.05, 0) is 34.3 Å². The van der Waals surface area contributed by atoms with Gasteiger partial charge in [0.15, 0.2) is 9.99 Å². The molecule has 2 rings (SSSR count). The van der Waals surface area contributed by atoms with E-state index in [2.05, 4.69) is 46.7 Å². The van der Waals surface area contributed by atoms with Gasteiger partial charge in [-0.2, -0.15) is 0 Å². The molecule has 2 heterocycles. The molecule has 0 fully saturated rings. The second-order valence-corrected chi connectivity index (χ2v) is 8.92. The summed E-state index contributed by atoms with van der Waals surface area (Å²) in [5, 5.41) is 0. The van der Waals surface area contributed by atoms with Crippen LogP contribution in [-0.2, 0) is 10.8 Å². The van der Waals surface area contributed by atoms with Gasteiger partial charge in [-0.1, -0.05) is 20.8 Å². The van der Waals surface area contributed by atoms with Crippen molar-refractivity contribution in [2.75, 3.05) is 5.75 Å². The van der Waals surface area contributed by atoms with Crippen molar-refractivity contribution in [1.29, 1.82) is 0 Å². The first-order valence-electron chi connectivity index (χ1n) is 5.58. The van der Waals surface area contributed by atoms with Gasteiger partial charge in [0.05, 0.1) is 21.2 Å². The lowest BCUT2D eigenvalue weighted by atomic mass is 10.0. The number of rotatable bonds is 2. The van der Waals surface area contributed by atoms with Crippen LogP contribution in [0.2, 0.25) is 0 Å². The molecule has 6 heteroatoms. The number of aryl methyl sites for hydroxylation is 1. The minimum Gasteiger partial charge on any atom is -0.252 e. The van der Waals surface area contributed by atoms with Gasteiger partial charge in [0.25, 0.3) is 0 Å². The van der Waals surface area contributed by atoms with Gasteiger partial charge in [-0.3, -0.25) is 4.21 Å². The number of hydrogen-bond acceptors (Lipinski definition) is 4. The monoisotopic (exact) mass is 346 g/mol. The molecule has 0 saturated heterocycles. The van der Waals surface area contributed by atoms with Crippen molar-refractivity contribution in [3.8, 4) is 0 Å². The molecule has 2 aromatic heterocycles. The smallest absolute Gasteiger partial charge is 0.183 e. The molecule has 0 bridgehead atoms. The number of halogens is 1. The largest absolute Gasteiger partial charge is 0.252 e. The number of thiazole rings is 1. The molecule has 98 valence electrons. The maximum Gasteiger partial charge on any atom is 0.183 e. The van der Waals surface area contributed by atoms with Crippen molar-refractivity contribution in [2.24, 2.45) is 5.41 Å². The van der Waals surface area contributed by atoms with E-state index in [0.29, 0.717) is 15.7 Å². The Morgan fingerprint density at radius 1 is 1.39 bits per heavy atom. The molecule has 0 N–H and O–H groups in total. The Hall–Kier alpha value is -0.330. The molecular formula is C12H15BrN2OS2. The number of hydrogen-bond donors (Lipinski definition) is 0. The van der Waals surface area contributed by atoms with Crippen LogP contribution in [0.3, 0.4) is 0 Å². The van der Waals surface area contributed by atoms with Crippen molar-refractivity contribution < 1.29 is 4.21 Å². The van der Waals surface area contributed by atoms with E-state index in [1.54, 1.807) is 0 Å². The van der Waals surface area contributed by atoms with Crippen LogP contribution in [0.1, 0.15) is 26.5 Å². The average Bonchev–Trinajstić information content (AvgIpc) is 2.59. The van der Waals surface area contributed by atoms with E-state index in [1.807, 2.05) is 13.0 Å². The van der Waals surface area contributed by atoms with Gasteiger partial charge in [0.2, 0.25) is 0 Å². The normalized spacial score (nSPS) is 14.1. The number of pyridine rings is 1. The summed E-state index contributed by atoms with van der Waals surface area (Å²) < 4.78 is 14.8. The second kappa shape index (κ2) is 4.98. The topological polar surface area (TPSA) is 42.9 Å². The molecule has 0 aliphatic rings. The third-order valence-corrected chi connectivity index (χ3v) is 6.26. The highest BCUT2D eigenvalue weighted by atomic mass is 79.9. The summed E-state index contributed by atoms with van der Waals surface area (Å²) in [6.07, 6.45) is 0. The minimum atomic E-state index is -1.05. The fraction of sp³-hybridized carbons (Fsp3) is 0.500. The van der Waals surface area contributed by atoms with E-state index >= 15 is 0 Å². The van der Waals surface area contributed by atoms with Gasteiger partial charge < -0.3 is 0 Å². The summed E-state index contributed by atoms with van der Waals surface area (Å²) in [6, 6.07) is 1.99. The molecule has 0 radical (unpaired) electrons. The summed E-state index contributed by atoms with van der Waals surface area (Å²) in [7, 11) is -1.05. The maximum absolute atomic E-state index is 12.2. The van der Waals surface area contributed by atoms with Crippen molar-refractivity contribution in [3.63, 3.8) is 0 Å². The molecule has 0 unspecified atom stereocenters. The van der Waals surface area contributed by atoms with Crippen LogP contribution in [-0.4, -0.2) is 19.9 Å². The predicted octanol–water partition coefficient (Wildman–Crippen LogP) is 3.92. The fourth-order valence-electron chi connectivity index (χ4n) is 1.46. The lowest BCUT2D eigenvalue weighted by molar-refractivity contribution is 0.474. The zero-order chi connectivity index (χ0) is 13.5. The zero-order valence-corrected chi connectivity index (χ0v) is 14.0. The van der Waals surface area contributed by atoms with Crippen molar-refractivity contribution in [2.45, 2.75) is 32.0 Å². The molecule has 0 saturated carbocycles. The molecule has 0 amide bonds. The summed E-state index contributed by atoms with van der Waals surface area (Å²) in [5.41, 5.74) is 1.63. The predicted molar refractivity (Wildman–Crippen MR) is 80.6 cm³/mol. The van der Waals surface area contributed by atoms with Crippen LogP contribution >= 0.6 is 27.3 Å². The standard InChI is InChI=1S/C12H15BrN2OS2/c1-7-8(13)5-9-10(14-7)15-11(17-9)18(16)6-12(2,3)4/h5H,6H2,1-4H3/t18-/m1/s1. The SMILES string of the molecule is Cc1nc2nc([S@](=O)CC(C)(C)C)sc2cc1Br. The average molecular weight is 347 g/mol. The van der Waals surface area contributed by atoms with Crippen LogP contribution in [0, 0.1) is 12.3 Å². The van der Waals surface area contributed by atoms with Gasteiger partial charge in [0.1, 0.15) is 0 Å². The van der Waals surface area contributed by atoms with Gasteiger partial charge in [-0.15, -0.1) is 11.3 Å². The Morgan fingerprint density at radius 2 is 2.06 bits per heavy atom. The molecule has 3 nitrogen and oxygen atoms in total. The molecular weight excluding hydrogens is 332 g/mol. The van der Waals surface area contributed by atoms with Crippen LogP contribution in [0.25, 0.3) is 10.3 Å². The highest BCUT2D eigenvalue weighted by molar-refractivity contribution is 9.10. The summed E-state index contributed by atoms with van der Waals surface area (Å²) >= 11 is 4.92. The Bertz CT molecular complexity index is 577. The molecule has 0 aliphatic carbocycles. The van der Waals surface area contributed by atoms with Crippen LogP contribution in [0.15, 0.2) is 14.9 Å². The van der Waals surface area contributed by atoms with Crippen LogP contribution in [0.4, 0.5) is 0 Å². The number of nitrogens with zero attached hydrogens (tertiary/aromatic N) is 2. The van der Waals surface area contributed by atoms with Gasteiger partial charge in [-0.25, -0.2) is 9.97 Å². The zero-order valence-electron chi connectivity index (χ0n) is 10.8. The molecule has 0 aromatic carbocycles. The van der Waals surface area contributed by atoms with Gasteiger partial charge >= 0.3 is 0 Å². The van der Waals surface area contributed by atoms with Crippen LogP contribution < -0.4 is 0 Å². The minimum absolute atomic E-state index is 0.0344. The third-order valence-electron chi connectivity index (χ3n) is 2.25. The Labute approximate surface area is 122 Å². The molecule has 18 heavy (non-hydrogen) atoms. The van der Waals surface area contributed by atoms with E-state index in [-0.39, 0.29) is 5.41 Å². The quantitative estimate of drug-likeness (QED) is 0.827. The van der Waals surface area contributed by atoms with E-state index in [4.69, 9.17) is 0 Å². The molecule has 0 spiro atoms. The number of aromatic nitrogens is 2. The first kappa shape index (κ1) is 14.1. The maximum atomic E-state index is 12.2. The van der Waals surface area contributed by atoms with Crippen LogP contribution in [0.5, 0.6) is 0 Å². The Kier molecular flexibility index (Phi) is 3.90. The second-order valence-electron chi connectivity index (χ2n) is 5.41. The lowest BCUT2D eigenvalue weighted by Crippen LogP contribution is -2.16. The lowest BCUT2D eigenvalue weighted by Gasteiger charge is -2.15. The van der Waals surface area contributed by atoms with E-state index in [9.17, 15) is 4.21 Å². The van der Waals surface area contributed by atoms with E-state index in [0.717, 1.165) is 14.9 Å². The number of fused-ring (bicyclic) bond motifs is 1. The Morgan fingerprint density at radius 3 is 2.67 bits per heavy atom. The van der Waals surface area contributed by atoms with Crippen molar-refractivity contribution >= 4 is 48.4 Å². The first-order valence-corrected chi connectivity index (χ1v) is 8.51. The summed E-state index contributed by atoms with van der Waals surface area (Å²) in [6.45, 7) is 8.17. The summed E-state index contributed by atoms with van der Waals surface area (Å²) in [5.74, 6) is 0.618. The highest BCUT2D eigenvalue weighted by Gasteiger charge is 2.19. The molecule has 0 aliphatic heterocycles. The highest BCUT2D eigenvalue weighted by Crippen LogP contribution is 2.29. The first-order chi connectivity index (χ1) is 8.26. The Balaban J connectivity index is 2.39. The van der Waals surface area contributed by atoms with Crippen molar-refractivity contribution in [1.82, 2.24) is 9.97 Å². The third kappa shape index (κ3) is 3.16. The fourth-order valence-corrected chi connectivity index (χ4v) is 4.53. The van der Waals surface area contributed by atoms with Crippen molar-refractivity contribution in [3.05, 3.63) is 16.2 Å². The molecule has 2 aromatic rings.